The molecule has 0 saturated heterocycles. The molecule has 0 radical (unpaired) electrons. The quantitative estimate of drug-likeness (QED) is 0.166. The highest BCUT2D eigenvalue weighted by Crippen LogP contribution is 2.14. The number of rotatable bonds is 10. The first-order valence-corrected chi connectivity index (χ1v) is 12.3. The lowest BCUT2D eigenvalue weighted by atomic mass is 10.2. The molecule has 6 nitrogen and oxygen atoms in total. The fourth-order valence-corrected chi connectivity index (χ4v) is 2.66. The summed E-state index contributed by atoms with van der Waals surface area (Å²) in [6, 6.07) is 21.7. The van der Waals surface area contributed by atoms with Crippen molar-refractivity contribution < 1.29 is 28.8 Å². The Morgan fingerprint density at radius 2 is 1.21 bits per heavy atom. The lowest BCUT2D eigenvalue weighted by molar-refractivity contribution is 0.0729. The first-order valence-electron chi connectivity index (χ1n) is 12.3. The number of ether oxygens (including phenoxy) is 4. The average molecular weight is 519 g/mol. The number of carbonyl (C=O) groups excluding carboxylic acids is 1. The maximum atomic E-state index is 11.1. The molecule has 3 aromatic rings. The van der Waals surface area contributed by atoms with E-state index in [1.165, 1.54) is 0 Å². The number of hydrogen-bond acceptors (Lipinski definition) is 6. The second-order valence-corrected chi connectivity index (χ2v) is 7.91. The van der Waals surface area contributed by atoms with E-state index >= 15 is 0 Å². The smallest absolute Gasteiger partial charge is 0.508 e. The van der Waals surface area contributed by atoms with Crippen LogP contribution >= 0.6 is 0 Å². The molecular formula is C32H38O6. The largest absolute Gasteiger partial charge is 0.514 e. The van der Waals surface area contributed by atoms with Gasteiger partial charge in [-0.3, -0.25) is 0 Å². The van der Waals surface area contributed by atoms with Gasteiger partial charge in [-0.1, -0.05) is 74.4 Å². The Morgan fingerprint density at radius 3 is 1.63 bits per heavy atom. The van der Waals surface area contributed by atoms with Crippen LogP contribution in [0.3, 0.4) is 0 Å². The van der Waals surface area contributed by atoms with Crippen LogP contribution in [0.25, 0.3) is 18.2 Å². The summed E-state index contributed by atoms with van der Waals surface area (Å²) in [5.74, 6) is 1.63. The van der Waals surface area contributed by atoms with Gasteiger partial charge in [-0.2, -0.15) is 0 Å². The Balaban J connectivity index is 0.000000294. The highest BCUT2D eigenvalue weighted by atomic mass is 16.7. The molecule has 3 rings (SSSR count). The highest BCUT2D eigenvalue weighted by molar-refractivity contribution is 5.64. The third-order valence-electron chi connectivity index (χ3n) is 4.59. The van der Waals surface area contributed by atoms with Crippen LogP contribution in [-0.2, 0) is 9.47 Å². The number of benzene rings is 3. The molecule has 6 heteroatoms. The van der Waals surface area contributed by atoms with Crippen LogP contribution in [-0.4, -0.2) is 37.2 Å². The zero-order valence-electron chi connectivity index (χ0n) is 22.5. The summed E-state index contributed by atoms with van der Waals surface area (Å²) < 4.78 is 20.4. The Morgan fingerprint density at radius 1 is 0.763 bits per heavy atom. The first kappa shape index (κ1) is 31.7. The van der Waals surface area contributed by atoms with Crippen LogP contribution in [0.1, 0.15) is 37.5 Å². The fraction of sp³-hybridized carbons (Fsp3) is 0.219. The summed E-state index contributed by atoms with van der Waals surface area (Å²) in [6.45, 7) is 18.4. The van der Waals surface area contributed by atoms with E-state index in [1.54, 1.807) is 50.3 Å². The summed E-state index contributed by atoms with van der Waals surface area (Å²) in [5, 5.41) is 8.82. The van der Waals surface area contributed by atoms with Gasteiger partial charge in [-0.05, 0) is 73.9 Å². The Bertz CT molecular complexity index is 1080. The van der Waals surface area contributed by atoms with Crippen molar-refractivity contribution in [2.75, 3.05) is 19.8 Å². The molecule has 0 aliphatic carbocycles. The van der Waals surface area contributed by atoms with Crippen molar-refractivity contribution in [3.63, 3.8) is 0 Å². The number of hydrogen-bond donors (Lipinski definition) is 1. The SMILES string of the molecule is C=Cc1ccc(O)cc1.C=Cc1ccc(OC(=O)OC(C)C)cc1.C=Cc1ccc(OCCOCC)cc1. The Labute approximate surface area is 226 Å². The molecule has 0 aliphatic rings. The number of phenols is 1. The molecule has 202 valence electrons. The molecule has 1 N–H and O–H groups in total. The molecule has 0 atom stereocenters. The lowest BCUT2D eigenvalue weighted by Gasteiger charge is -2.08. The second kappa shape index (κ2) is 18.9. The standard InChI is InChI=1S/C12H14O3.C12H16O2.C8H8O/c1-4-10-5-7-11(8-6-10)15-12(13)14-9(2)3;1-3-11-5-7-12(8-6-11)14-10-9-13-4-2;1-2-7-3-5-8(9)6-4-7/h4-9H,1H2,2-3H3;3,5-8H,1,4,9-10H2,2H3;2-6,9H,1H2. The molecule has 0 aromatic heterocycles. The molecule has 0 bridgehead atoms. The van der Waals surface area contributed by atoms with Gasteiger partial charge in [0.15, 0.2) is 0 Å². The number of phenolic OH excluding ortho intramolecular Hbond substituents is 1. The van der Waals surface area contributed by atoms with Gasteiger partial charge < -0.3 is 24.1 Å². The van der Waals surface area contributed by atoms with Gasteiger partial charge in [0.1, 0.15) is 23.9 Å². The van der Waals surface area contributed by atoms with Crippen LogP contribution < -0.4 is 9.47 Å². The van der Waals surface area contributed by atoms with Gasteiger partial charge in [0, 0.05) is 6.61 Å². The van der Waals surface area contributed by atoms with E-state index in [-0.39, 0.29) is 6.10 Å². The molecule has 0 aliphatic heterocycles. The molecule has 0 amide bonds. The van der Waals surface area contributed by atoms with Gasteiger partial charge in [0.25, 0.3) is 0 Å². The van der Waals surface area contributed by atoms with Crippen LogP contribution in [0.4, 0.5) is 4.79 Å². The van der Waals surface area contributed by atoms with Crippen molar-refractivity contribution in [2.45, 2.75) is 26.9 Å². The Hall–Kier alpha value is -4.29. The summed E-state index contributed by atoms with van der Waals surface area (Å²) >= 11 is 0. The van der Waals surface area contributed by atoms with E-state index in [2.05, 4.69) is 19.7 Å². The minimum atomic E-state index is -0.684. The van der Waals surface area contributed by atoms with Crippen molar-refractivity contribution in [3.05, 3.63) is 109 Å². The lowest BCUT2D eigenvalue weighted by Crippen LogP contribution is -2.15. The minimum absolute atomic E-state index is 0.176. The second-order valence-electron chi connectivity index (χ2n) is 7.91. The topological polar surface area (TPSA) is 74.2 Å². The number of carbonyl (C=O) groups is 1. The maximum absolute atomic E-state index is 11.1. The predicted molar refractivity (Wildman–Crippen MR) is 155 cm³/mol. The molecule has 38 heavy (non-hydrogen) atoms. The summed E-state index contributed by atoms with van der Waals surface area (Å²) in [7, 11) is 0. The van der Waals surface area contributed by atoms with Gasteiger partial charge in [-0.15, -0.1) is 0 Å². The Kier molecular flexibility index (Phi) is 15.8. The van der Waals surface area contributed by atoms with E-state index in [0.29, 0.717) is 24.7 Å². The molecule has 0 heterocycles. The first-order chi connectivity index (χ1) is 18.3. The van der Waals surface area contributed by atoms with Crippen molar-refractivity contribution in [2.24, 2.45) is 0 Å². The third-order valence-corrected chi connectivity index (χ3v) is 4.59. The highest BCUT2D eigenvalue weighted by Gasteiger charge is 2.07. The molecule has 3 aromatic carbocycles. The summed E-state index contributed by atoms with van der Waals surface area (Å²) in [4.78, 5) is 11.1. The normalized spacial score (nSPS) is 9.58. The predicted octanol–water partition coefficient (Wildman–Crippen LogP) is 8.03. The van der Waals surface area contributed by atoms with Crippen molar-refractivity contribution >= 4 is 24.4 Å². The monoisotopic (exact) mass is 518 g/mol. The molecular weight excluding hydrogens is 480 g/mol. The molecule has 0 saturated carbocycles. The zero-order valence-corrected chi connectivity index (χ0v) is 22.5. The fourth-order valence-electron chi connectivity index (χ4n) is 2.66. The van der Waals surface area contributed by atoms with Crippen molar-refractivity contribution in [3.8, 4) is 17.2 Å². The van der Waals surface area contributed by atoms with Crippen molar-refractivity contribution in [1.82, 2.24) is 0 Å². The molecule has 0 fully saturated rings. The molecule has 0 spiro atoms. The zero-order chi connectivity index (χ0) is 28.2. The maximum Gasteiger partial charge on any atom is 0.514 e. The van der Waals surface area contributed by atoms with E-state index in [4.69, 9.17) is 24.1 Å². The molecule has 0 unspecified atom stereocenters. The minimum Gasteiger partial charge on any atom is -0.508 e. The van der Waals surface area contributed by atoms with Gasteiger partial charge >= 0.3 is 6.16 Å². The average Bonchev–Trinajstić information content (AvgIpc) is 2.92. The third kappa shape index (κ3) is 14.3. The summed E-state index contributed by atoms with van der Waals surface area (Å²) in [5.41, 5.74) is 3.09. The van der Waals surface area contributed by atoms with Crippen LogP contribution in [0.5, 0.6) is 17.2 Å². The number of aromatic hydroxyl groups is 1. The van der Waals surface area contributed by atoms with Gasteiger partial charge in [-0.25, -0.2) is 4.79 Å². The van der Waals surface area contributed by atoms with E-state index in [0.717, 1.165) is 29.0 Å². The van der Waals surface area contributed by atoms with Gasteiger partial charge in [0.2, 0.25) is 0 Å². The van der Waals surface area contributed by atoms with Crippen LogP contribution in [0.15, 0.2) is 92.5 Å². The van der Waals surface area contributed by atoms with Gasteiger partial charge in [0.05, 0.1) is 12.7 Å². The van der Waals surface area contributed by atoms with Crippen LogP contribution in [0.2, 0.25) is 0 Å². The van der Waals surface area contributed by atoms with E-state index in [9.17, 15) is 4.79 Å². The van der Waals surface area contributed by atoms with E-state index in [1.807, 2.05) is 61.5 Å². The summed E-state index contributed by atoms with van der Waals surface area (Å²) in [6.07, 6.45) is 4.40. The van der Waals surface area contributed by atoms with Crippen molar-refractivity contribution in [1.29, 1.82) is 0 Å². The van der Waals surface area contributed by atoms with E-state index < -0.39 is 6.16 Å². The van der Waals surface area contributed by atoms with Crippen LogP contribution in [0, 0.1) is 0 Å².